The number of nitrogens with zero attached hydrogens (tertiary/aromatic N) is 3. The molecule has 0 aliphatic heterocycles. The lowest BCUT2D eigenvalue weighted by atomic mass is 9.93. The second-order valence-corrected chi connectivity index (χ2v) is 7.08. The summed E-state index contributed by atoms with van der Waals surface area (Å²) in [6.07, 6.45) is 7.94. The van der Waals surface area contributed by atoms with E-state index in [0.717, 1.165) is 31.1 Å². The third kappa shape index (κ3) is 2.85. The molecule has 21 heavy (non-hydrogen) atoms. The molecule has 0 radical (unpaired) electrons. The van der Waals surface area contributed by atoms with Gasteiger partial charge in [-0.05, 0) is 44.6 Å². The normalized spacial score (nSPS) is 21.3. The van der Waals surface area contributed by atoms with Crippen LogP contribution in [-0.2, 0) is 19.4 Å². The van der Waals surface area contributed by atoms with Crippen molar-refractivity contribution in [3.8, 4) is 0 Å². The van der Waals surface area contributed by atoms with Crippen molar-refractivity contribution in [1.29, 1.82) is 0 Å². The molecule has 1 fully saturated rings. The monoisotopic (exact) mass is 300 g/mol. The number of thiazole rings is 1. The highest BCUT2D eigenvalue weighted by Crippen LogP contribution is 2.41. The van der Waals surface area contributed by atoms with E-state index in [4.69, 9.17) is 0 Å². The van der Waals surface area contributed by atoms with Gasteiger partial charge in [0.1, 0.15) is 5.82 Å². The predicted octanol–water partition coefficient (Wildman–Crippen LogP) is 2.77. The van der Waals surface area contributed by atoms with Gasteiger partial charge in [-0.3, -0.25) is 0 Å². The zero-order valence-electron chi connectivity index (χ0n) is 12.3. The molecule has 2 aromatic rings. The summed E-state index contributed by atoms with van der Waals surface area (Å²) >= 11 is 1.80. The molecule has 5 heteroatoms. The Morgan fingerprint density at radius 2 is 2.19 bits per heavy atom. The molecule has 2 aromatic heterocycles. The Hall–Kier alpha value is -1.33. The summed E-state index contributed by atoms with van der Waals surface area (Å²) < 4.78 is 0. The fraction of sp³-hybridized carbons (Fsp3) is 0.562. The van der Waals surface area contributed by atoms with Crippen LogP contribution in [0.2, 0.25) is 0 Å². The largest absolute Gasteiger partial charge is 0.309 e. The van der Waals surface area contributed by atoms with Crippen molar-refractivity contribution >= 4 is 11.3 Å². The highest BCUT2D eigenvalue weighted by atomic mass is 32.1. The number of aromatic nitrogens is 3. The average molecular weight is 300 g/mol. The fourth-order valence-corrected chi connectivity index (χ4v) is 3.92. The van der Waals surface area contributed by atoms with Crippen molar-refractivity contribution < 1.29 is 0 Å². The Kier molecular flexibility index (Phi) is 3.47. The van der Waals surface area contributed by atoms with E-state index in [2.05, 4.69) is 20.3 Å². The number of hydrogen-bond acceptors (Lipinski definition) is 5. The maximum atomic E-state index is 4.56. The minimum Gasteiger partial charge on any atom is -0.309 e. The molecule has 2 aliphatic rings. The molecule has 0 spiro atoms. The molecule has 1 unspecified atom stereocenters. The van der Waals surface area contributed by atoms with E-state index in [-0.39, 0.29) is 0 Å². The molecule has 1 N–H and O–H groups in total. The fourth-order valence-electron chi connectivity index (χ4n) is 3.12. The van der Waals surface area contributed by atoms with Crippen LogP contribution in [0, 0.1) is 6.92 Å². The number of hydrogen-bond donors (Lipinski definition) is 1. The van der Waals surface area contributed by atoms with Crippen molar-refractivity contribution in [2.24, 2.45) is 0 Å². The van der Waals surface area contributed by atoms with Crippen LogP contribution < -0.4 is 5.32 Å². The second kappa shape index (κ2) is 5.46. The number of aryl methyl sites for hydroxylation is 2. The minimum atomic E-state index is 0.540. The standard InChI is InChI=1S/C16H20N4S/c1-10-17-7-12-6-13(4-5-14(12)20-10)18-8-15-16(11-2-3-11)19-9-21-15/h7,9,11,13,18H,2-6,8H2,1H3. The Balaban J connectivity index is 1.40. The average Bonchev–Trinajstić information content (AvgIpc) is 3.23. The van der Waals surface area contributed by atoms with Gasteiger partial charge in [0, 0.05) is 35.3 Å². The van der Waals surface area contributed by atoms with Crippen LogP contribution in [0.5, 0.6) is 0 Å². The number of fused-ring (bicyclic) bond motifs is 1. The molecule has 110 valence electrons. The van der Waals surface area contributed by atoms with E-state index in [0.29, 0.717) is 6.04 Å². The zero-order valence-corrected chi connectivity index (χ0v) is 13.1. The topological polar surface area (TPSA) is 50.7 Å². The van der Waals surface area contributed by atoms with Crippen LogP contribution >= 0.6 is 11.3 Å². The summed E-state index contributed by atoms with van der Waals surface area (Å²) in [5, 5.41) is 3.72. The van der Waals surface area contributed by atoms with Gasteiger partial charge in [-0.25, -0.2) is 15.0 Å². The van der Waals surface area contributed by atoms with Crippen molar-refractivity contribution in [2.45, 2.75) is 57.5 Å². The maximum Gasteiger partial charge on any atom is 0.125 e. The quantitative estimate of drug-likeness (QED) is 0.943. The summed E-state index contributed by atoms with van der Waals surface area (Å²) in [4.78, 5) is 14.9. The van der Waals surface area contributed by atoms with Crippen molar-refractivity contribution in [1.82, 2.24) is 20.3 Å². The Morgan fingerprint density at radius 1 is 1.29 bits per heavy atom. The molecule has 1 atom stereocenters. The van der Waals surface area contributed by atoms with Crippen LogP contribution in [0.4, 0.5) is 0 Å². The van der Waals surface area contributed by atoms with Gasteiger partial charge < -0.3 is 5.32 Å². The number of nitrogens with one attached hydrogen (secondary N) is 1. The lowest BCUT2D eigenvalue weighted by Gasteiger charge is -2.24. The first-order valence-electron chi connectivity index (χ1n) is 7.76. The molecule has 0 aromatic carbocycles. The Morgan fingerprint density at radius 3 is 3.05 bits per heavy atom. The van der Waals surface area contributed by atoms with Gasteiger partial charge in [-0.1, -0.05) is 0 Å². The Labute approximate surface area is 129 Å². The molecule has 2 aliphatic carbocycles. The second-order valence-electron chi connectivity index (χ2n) is 6.14. The lowest BCUT2D eigenvalue weighted by Crippen LogP contribution is -2.34. The molecule has 4 nitrogen and oxygen atoms in total. The molecule has 0 amide bonds. The van der Waals surface area contributed by atoms with Crippen molar-refractivity contribution in [3.63, 3.8) is 0 Å². The first-order chi connectivity index (χ1) is 10.3. The van der Waals surface area contributed by atoms with Crippen LogP contribution in [0.1, 0.15) is 52.8 Å². The van der Waals surface area contributed by atoms with Gasteiger partial charge in [0.2, 0.25) is 0 Å². The van der Waals surface area contributed by atoms with Crippen LogP contribution in [0.25, 0.3) is 0 Å². The van der Waals surface area contributed by atoms with Crippen molar-refractivity contribution in [3.05, 3.63) is 39.4 Å². The molecule has 0 bridgehead atoms. The molecule has 4 rings (SSSR count). The van der Waals surface area contributed by atoms with Gasteiger partial charge in [0.25, 0.3) is 0 Å². The summed E-state index contributed by atoms with van der Waals surface area (Å²) in [7, 11) is 0. The van der Waals surface area contributed by atoms with E-state index in [1.807, 2.05) is 18.6 Å². The summed E-state index contributed by atoms with van der Waals surface area (Å²) in [5.74, 6) is 1.63. The Bertz CT molecular complexity index is 647. The lowest BCUT2D eigenvalue weighted by molar-refractivity contribution is 0.452. The molecule has 1 saturated carbocycles. The molecule has 2 heterocycles. The highest BCUT2D eigenvalue weighted by Gasteiger charge is 2.28. The number of rotatable bonds is 4. The summed E-state index contributed by atoms with van der Waals surface area (Å²) in [6, 6.07) is 0.540. The van der Waals surface area contributed by atoms with Gasteiger partial charge in [-0.2, -0.15) is 0 Å². The van der Waals surface area contributed by atoms with E-state index in [1.165, 1.54) is 41.1 Å². The molecule has 0 saturated heterocycles. The van der Waals surface area contributed by atoms with E-state index >= 15 is 0 Å². The first kappa shape index (κ1) is 13.3. The smallest absolute Gasteiger partial charge is 0.125 e. The van der Waals surface area contributed by atoms with Crippen LogP contribution in [-0.4, -0.2) is 21.0 Å². The van der Waals surface area contributed by atoms with E-state index in [9.17, 15) is 0 Å². The van der Waals surface area contributed by atoms with Crippen LogP contribution in [0.15, 0.2) is 11.7 Å². The third-order valence-corrected chi connectivity index (χ3v) is 5.31. The van der Waals surface area contributed by atoms with Crippen molar-refractivity contribution in [2.75, 3.05) is 0 Å². The van der Waals surface area contributed by atoms with Crippen LogP contribution in [0.3, 0.4) is 0 Å². The first-order valence-corrected chi connectivity index (χ1v) is 8.64. The van der Waals surface area contributed by atoms with E-state index < -0.39 is 0 Å². The maximum absolute atomic E-state index is 4.56. The van der Waals surface area contributed by atoms with Gasteiger partial charge in [0.05, 0.1) is 11.2 Å². The summed E-state index contributed by atoms with van der Waals surface area (Å²) in [6.45, 7) is 2.93. The van der Waals surface area contributed by atoms with Gasteiger partial charge in [0.15, 0.2) is 0 Å². The van der Waals surface area contributed by atoms with Gasteiger partial charge >= 0.3 is 0 Å². The van der Waals surface area contributed by atoms with Gasteiger partial charge in [-0.15, -0.1) is 11.3 Å². The minimum absolute atomic E-state index is 0.540. The predicted molar refractivity (Wildman–Crippen MR) is 83.5 cm³/mol. The SMILES string of the molecule is Cc1ncc2c(n1)CCC(NCc1scnc1C1CC1)C2. The zero-order chi connectivity index (χ0) is 14.2. The molecular weight excluding hydrogens is 280 g/mol. The highest BCUT2D eigenvalue weighted by molar-refractivity contribution is 7.09. The molecular formula is C16H20N4S. The third-order valence-electron chi connectivity index (χ3n) is 4.46. The van der Waals surface area contributed by atoms with E-state index in [1.54, 1.807) is 11.3 Å². The summed E-state index contributed by atoms with van der Waals surface area (Å²) in [5.41, 5.74) is 5.91.